The van der Waals surface area contributed by atoms with Crippen LogP contribution in [0.15, 0.2) is 24.3 Å². The first-order valence-corrected chi connectivity index (χ1v) is 7.51. The van der Waals surface area contributed by atoms with Crippen molar-refractivity contribution in [2.24, 2.45) is 0 Å². The van der Waals surface area contributed by atoms with E-state index in [1.54, 1.807) is 11.0 Å². The zero-order valence-electron chi connectivity index (χ0n) is 12.7. The molecule has 2 rings (SSSR count). The summed E-state index contributed by atoms with van der Waals surface area (Å²) in [5.41, 5.74) is 0.748. The van der Waals surface area contributed by atoms with Crippen molar-refractivity contribution in [1.82, 2.24) is 9.80 Å². The number of carbonyl (C=O) groups excluding carboxylic acids is 1. The second-order valence-electron chi connectivity index (χ2n) is 5.37. The molecule has 21 heavy (non-hydrogen) atoms. The molecule has 1 amide bonds. The minimum absolute atomic E-state index is 0.144. The number of rotatable bonds is 4. The van der Waals surface area contributed by atoms with Crippen LogP contribution in [0.2, 0.25) is 0 Å². The van der Waals surface area contributed by atoms with Crippen LogP contribution in [0.1, 0.15) is 19.4 Å². The lowest BCUT2D eigenvalue weighted by Crippen LogP contribution is -2.51. The Morgan fingerprint density at radius 2 is 1.95 bits per heavy atom. The van der Waals surface area contributed by atoms with Crippen molar-refractivity contribution in [2.75, 3.05) is 32.8 Å². The predicted molar refractivity (Wildman–Crippen MR) is 79.7 cm³/mol. The Balaban J connectivity index is 1.84. The maximum atomic E-state index is 13.7. The van der Waals surface area contributed by atoms with Gasteiger partial charge in [-0.3, -0.25) is 4.90 Å². The van der Waals surface area contributed by atoms with E-state index in [0.29, 0.717) is 26.1 Å². The lowest BCUT2D eigenvalue weighted by atomic mass is 10.0. The van der Waals surface area contributed by atoms with Gasteiger partial charge in [-0.1, -0.05) is 18.2 Å². The van der Waals surface area contributed by atoms with Crippen LogP contribution in [-0.4, -0.2) is 54.7 Å². The smallest absolute Gasteiger partial charge is 0.409 e. The molecule has 1 atom stereocenters. The molecule has 4 nitrogen and oxygen atoms in total. The molecule has 0 radical (unpaired) electrons. The van der Waals surface area contributed by atoms with Gasteiger partial charge in [-0.2, -0.15) is 0 Å². The highest BCUT2D eigenvalue weighted by Crippen LogP contribution is 2.14. The highest BCUT2D eigenvalue weighted by Gasteiger charge is 2.25. The summed E-state index contributed by atoms with van der Waals surface area (Å²) in [5, 5.41) is 0. The zero-order valence-corrected chi connectivity index (χ0v) is 12.7. The van der Waals surface area contributed by atoms with Gasteiger partial charge in [0, 0.05) is 32.2 Å². The molecule has 0 aliphatic carbocycles. The van der Waals surface area contributed by atoms with Crippen LogP contribution >= 0.6 is 0 Å². The molecule has 0 unspecified atom stereocenters. The Labute approximate surface area is 125 Å². The van der Waals surface area contributed by atoms with Crippen LogP contribution in [0.5, 0.6) is 0 Å². The number of piperazine rings is 1. The fourth-order valence-electron chi connectivity index (χ4n) is 2.67. The predicted octanol–water partition coefficient (Wildman–Crippen LogP) is 2.53. The summed E-state index contributed by atoms with van der Waals surface area (Å²) in [6.07, 6.45) is 0.449. The Hall–Kier alpha value is -1.62. The fourth-order valence-corrected chi connectivity index (χ4v) is 2.67. The SMILES string of the molecule is CCOC(=O)N1CCN([C@@H](C)Cc2ccccc2F)CC1. The number of amides is 1. The third kappa shape index (κ3) is 4.17. The van der Waals surface area contributed by atoms with Gasteiger partial charge in [0.1, 0.15) is 5.82 Å². The van der Waals surface area contributed by atoms with Gasteiger partial charge in [0.25, 0.3) is 0 Å². The third-order valence-electron chi connectivity index (χ3n) is 3.94. The molecule has 116 valence electrons. The molecule has 1 heterocycles. The van der Waals surface area contributed by atoms with Crippen LogP contribution in [0, 0.1) is 5.82 Å². The number of nitrogens with zero attached hydrogens (tertiary/aromatic N) is 2. The monoisotopic (exact) mass is 294 g/mol. The van der Waals surface area contributed by atoms with Crippen LogP contribution in [0.3, 0.4) is 0 Å². The number of carbonyl (C=O) groups is 1. The molecule has 5 heteroatoms. The second kappa shape index (κ2) is 7.41. The van der Waals surface area contributed by atoms with Gasteiger partial charge in [-0.25, -0.2) is 9.18 Å². The van der Waals surface area contributed by atoms with E-state index in [4.69, 9.17) is 4.74 Å². The van der Waals surface area contributed by atoms with Gasteiger partial charge in [0.05, 0.1) is 6.61 Å². The van der Waals surface area contributed by atoms with Crippen molar-refractivity contribution < 1.29 is 13.9 Å². The maximum Gasteiger partial charge on any atom is 0.409 e. The summed E-state index contributed by atoms with van der Waals surface area (Å²) < 4.78 is 18.7. The van der Waals surface area contributed by atoms with Crippen LogP contribution in [-0.2, 0) is 11.2 Å². The molecule has 0 spiro atoms. The summed E-state index contributed by atoms with van der Waals surface area (Å²) in [7, 11) is 0. The third-order valence-corrected chi connectivity index (χ3v) is 3.94. The summed E-state index contributed by atoms with van der Waals surface area (Å²) in [5.74, 6) is -0.144. The normalized spacial score (nSPS) is 17.6. The number of hydrogen-bond acceptors (Lipinski definition) is 3. The Bertz CT molecular complexity index is 473. The second-order valence-corrected chi connectivity index (χ2v) is 5.37. The summed E-state index contributed by atoms with van der Waals surface area (Å²) in [4.78, 5) is 15.7. The Kier molecular flexibility index (Phi) is 5.56. The summed E-state index contributed by atoms with van der Waals surface area (Å²) >= 11 is 0. The van der Waals surface area contributed by atoms with E-state index in [9.17, 15) is 9.18 Å². The van der Waals surface area contributed by atoms with Gasteiger partial charge >= 0.3 is 6.09 Å². The Morgan fingerprint density at radius 1 is 1.29 bits per heavy atom. The molecular formula is C16H23FN2O2. The van der Waals surface area contributed by atoms with Crippen LogP contribution in [0.25, 0.3) is 0 Å². The number of ether oxygens (including phenoxy) is 1. The van der Waals surface area contributed by atoms with Crippen molar-refractivity contribution in [2.45, 2.75) is 26.3 Å². The lowest BCUT2D eigenvalue weighted by Gasteiger charge is -2.37. The van der Waals surface area contributed by atoms with Crippen molar-refractivity contribution in [3.63, 3.8) is 0 Å². The van der Waals surface area contributed by atoms with Crippen molar-refractivity contribution in [1.29, 1.82) is 0 Å². The van der Waals surface area contributed by atoms with E-state index in [0.717, 1.165) is 18.7 Å². The first-order chi connectivity index (χ1) is 10.1. The minimum Gasteiger partial charge on any atom is -0.450 e. The van der Waals surface area contributed by atoms with Crippen LogP contribution in [0.4, 0.5) is 9.18 Å². The standard InChI is InChI=1S/C16H23FN2O2/c1-3-21-16(20)19-10-8-18(9-11-19)13(2)12-14-6-4-5-7-15(14)17/h4-7,13H,3,8-12H2,1-2H3/t13-/m0/s1. The molecular weight excluding hydrogens is 271 g/mol. The Morgan fingerprint density at radius 3 is 2.57 bits per heavy atom. The van der Waals surface area contributed by atoms with Crippen molar-refractivity contribution in [3.8, 4) is 0 Å². The molecule has 1 aromatic carbocycles. The van der Waals surface area contributed by atoms with Crippen molar-refractivity contribution >= 4 is 6.09 Å². The van der Waals surface area contributed by atoms with Gasteiger partial charge in [0.15, 0.2) is 0 Å². The van der Waals surface area contributed by atoms with E-state index in [2.05, 4.69) is 11.8 Å². The number of halogens is 1. The lowest BCUT2D eigenvalue weighted by molar-refractivity contribution is 0.0686. The van der Waals surface area contributed by atoms with E-state index in [1.165, 1.54) is 6.07 Å². The molecule has 1 aromatic rings. The fraction of sp³-hybridized carbons (Fsp3) is 0.562. The molecule has 1 aliphatic rings. The molecule has 0 N–H and O–H groups in total. The van der Waals surface area contributed by atoms with Gasteiger partial charge in [-0.15, -0.1) is 0 Å². The van der Waals surface area contributed by atoms with Gasteiger partial charge in [-0.05, 0) is 31.9 Å². The van der Waals surface area contributed by atoms with E-state index >= 15 is 0 Å². The summed E-state index contributed by atoms with van der Waals surface area (Å²) in [6.45, 7) is 7.25. The van der Waals surface area contributed by atoms with Crippen LogP contribution < -0.4 is 0 Å². The highest BCUT2D eigenvalue weighted by molar-refractivity contribution is 5.67. The first kappa shape index (κ1) is 15.8. The largest absolute Gasteiger partial charge is 0.450 e. The van der Waals surface area contributed by atoms with Gasteiger partial charge < -0.3 is 9.64 Å². The molecule has 1 aliphatic heterocycles. The molecule has 0 aromatic heterocycles. The first-order valence-electron chi connectivity index (χ1n) is 7.51. The molecule has 1 fully saturated rings. The average molecular weight is 294 g/mol. The molecule has 0 bridgehead atoms. The average Bonchev–Trinajstić information content (AvgIpc) is 2.50. The highest BCUT2D eigenvalue weighted by atomic mass is 19.1. The van der Waals surface area contributed by atoms with E-state index < -0.39 is 0 Å². The van der Waals surface area contributed by atoms with Gasteiger partial charge in [0.2, 0.25) is 0 Å². The topological polar surface area (TPSA) is 32.8 Å². The molecule has 0 saturated carbocycles. The quantitative estimate of drug-likeness (QED) is 0.855. The van der Waals surface area contributed by atoms with E-state index in [-0.39, 0.29) is 18.0 Å². The molecule has 1 saturated heterocycles. The minimum atomic E-state index is -0.237. The summed E-state index contributed by atoms with van der Waals surface area (Å²) in [6, 6.07) is 7.17. The van der Waals surface area contributed by atoms with E-state index in [1.807, 2.05) is 19.1 Å². The number of hydrogen-bond donors (Lipinski definition) is 0. The number of benzene rings is 1. The maximum absolute atomic E-state index is 13.7. The zero-order chi connectivity index (χ0) is 15.2. The van der Waals surface area contributed by atoms with Crippen molar-refractivity contribution in [3.05, 3.63) is 35.6 Å².